The van der Waals surface area contributed by atoms with E-state index in [-0.39, 0.29) is 0 Å². The van der Waals surface area contributed by atoms with Gasteiger partial charge in [-0.1, -0.05) is 25.1 Å². The molecule has 0 atom stereocenters. The second-order valence-electron chi connectivity index (χ2n) is 4.29. The Hall–Kier alpha value is -1.40. The molecule has 0 saturated carbocycles. The first-order valence-corrected chi connectivity index (χ1v) is 7.45. The maximum Gasteiger partial charge on any atom is 0.226 e. The van der Waals surface area contributed by atoms with E-state index >= 15 is 0 Å². The van der Waals surface area contributed by atoms with Gasteiger partial charge in [-0.25, -0.2) is 0 Å². The van der Waals surface area contributed by atoms with Gasteiger partial charge in [-0.2, -0.15) is 4.98 Å². The molecule has 0 unspecified atom stereocenters. The van der Waals surface area contributed by atoms with Crippen molar-refractivity contribution in [3.63, 3.8) is 0 Å². The topological polar surface area (TPSA) is 60.2 Å². The van der Waals surface area contributed by atoms with Gasteiger partial charge in [-0.15, -0.1) is 0 Å². The van der Waals surface area contributed by atoms with Crippen LogP contribution in [0.3, 0.4) is 0 Å². The van der Waals surface area contributed by atoms with Crippen LogP contribution in [-0.4, -0.2) is 16.7 Å². The van der Waals surface area contributed by atoms with Crippen molar-refractivity contribution in [2.75, 3.05) is 6.54 Å². The number of nitrogens with zero attached hydrogens (tertiary/aromatic N) is 2. The molecule has 1 heterocycles. The minimum atomic E-state index is 0.300. The first-order valence-electron chi connectivity index (χ1n) is 6.66. The number of rotatable bonds is 7. The lowest BCUT2D eigenvalue weighted by molar-refractivity contribution is 0.283. The molecule has 0 fully saturated rings. The largest absolute Gasteiger partial charge is 0.484 e. The third-order valence-corrected chi connectivity index (χ3v) is 3.36. The Balaban J connectivity index is 1.95. The summed E-state index contributed by atoms with van der Waals surface area (Å²) in [4.78, 5) is 4.20. The van der Waals surface area contributed by atoms with E-state index in [0.717, 1.165) is 29.7 Å². The first kappa shape index (κ1) is 15.0. The van der Waals surface area contributed by atoms with Crippen LogP contribution in [-0.2, 0) is 19.6 Å². The number of nitrogens with one attached hydrogen (secondary N) is 1. The fourth-order valence-corrected chi connectivity index (χ4v) is 2.22. The molecule has 1 N–H and O–H groups in total. The molecule has 5 nitrogen and oxygen atoms in total. The molecule has 0 aliphatic carbocycles. The summed E-state index contributed by atoms with van der Waals surface area (Å²) < 4.78 is 11.6. The Morgan fingerprint density at radius 2 is 2.20 bits per heavy atom. The highest BCUT2D eigenvalue weighted by atomic mass is 79.9. The number of benzene rings is 1. The van der Waals surface area contributed by atoms with Crippen LogP contribution in [0, 0.1) is 0 Å². The smallest absolute Gasteiger partial charge is 0.226 e. The quantitative estimate of drug-likeness (QED) is 0.839. The van der Waals surface area contributed by atoms with Crippen molar-refractivity contribution in [1.29, 1.82) is 0 Å². The Morgan fingerprint density at radius 3 is 2.85 bits per heavy atom. The molecule has 2 aromatic rings. The zero-order chi connectivity index (χ0) is 14.4. The SMILES string of the molecule is CCNCc1ccc(OCc2noc(CC)n2)c(Br)c1. The normalized spacial score (nSPS) is 10.8. The molecule has 108 valence electrons. The minimum absolute atomic E-state index is 0.300. The van der Waals surface area contributed by atoms with E-state index in [2.05, 4.69) is 38.3 Å². The molecule has 20 heavy (non-hydrogen) atoms. The summed E-state index contributed by atoms with van der Waals surface area (Å²) in [6.07, 6.45) is 0.732. The van der Waals surface area contributed by atoms with Gasteiger partial charge >= 0.3 is 0 Å². The van der Waals surface area contributed by atoms with Gasteiger partial charge in [0.15, 0.2) is 6.61 Å². The van der Waals surface area contributed by atoms with Crippen molar-refractivity contribution < 1.29 is 9.26 Å². The molecule has 0 amide bonds. The monoisotopic (exact) mass is 339 g/mol. The Kier molecular flexibility index (Phi) is 5.55. The molecule has 2 rings (SSSR count). The van der Waals surface area contributed by atoms with Crippen molar-refractivity contribution in [2.45, 2.75) is 33.4 Å². The van der Waals surface area contributed by atoms with E-state index in [4.69, 9.17) is 9.26 Å². The first-order chi connectivity index (χ1) is 9.72. The van der Waals surface area contributed by atoms with Crippen molar-refractivity contribution in [3.8, 4) is 5.75 Å². The lowest BCUT2D eigenvalue weighted by Crippen LogP contribution is -2.11. The molecule has 0 radical (unpaired) electrons. The number of aryl methyl sites for hydroxylation is 1. The predicted molar refractivity (Wildman–Crippen MR) is 79.5 cm³/mol. The third kappa shape index (κ3) is 4.05. The highest BCUT2D eigenvalue weighted by Crippen LogP contribution is 2.26. The van der Waals surface area contributed by atoms with Gasteiger partial charge < -0.3 is 14.6 Å². The van der Waals surface area contributed by atoms with Crippen molar-refractivity contribution in [1.82, 2.24) is 15.5 Å². The van der Waals surface area contributed by atoms with Gasteiger partial charge in [0.25, 0.3) is 0 Å². The summed E-state index contributed by atoms with van der Waals surface area (Å²) in [6.45, 7) is 6.15. The van der Waals surface area contributed by atoms with Gasteiger partial charge in [-0.05, 0) is 40.2 Å². The lowest BCUT2D eigenvalue weighted by atomic mass is 10.2. The summed E-state index contributed by atoms with van der Waals surface area (Å²) >= 11 is 3.51. The lowest BCUT2D eigenvalue weighted by Gasteiger charge is -2.08. The fourth-order valence-electron chi connectivity index (χ4n) is 1.68. The van der Waals surface area contributed by atoms with E-state index in [1.54, 1.807) is 0 Å². The number of aromatic nitrogens is 2. The van der Waals surface area contributed by atoms with Crippen LogP contribution in [0.25, 0.3) is 0 Å². The Labute approximate surface area is 126 Å². The van der Waals surface area contributed by atoms with Gasteiger partial charge in [0.2, 0.25) is 11.7 Å². The Morgan fingerprint density at radius 1 is 1.35 bits per heavy atom. The van der Waals surface area contributed by atoms with Crippen LogP contribution in [0.4, 0.5) is 0 Å². The maximum atomic E-state index is 5.69. The highest BCUT2D eigenvalue weighted by Gasteiger charge is 2.07. The summed E-state index contributed by atoms with van der Waals surface area (Å²) in [6, 6.07) is 6.03. The molecule has 0 saturated heterocycles. The van der Waals surface area contributed by atoms with Crippen LogP contribution >= 0.6 is 15.9 Å². The van der Waals surface area contributed by atoms with Crippen molar-refractivity contribution in [3.05, 3.63) is 40.0 Å². The van der Waals surface area contributed by atoms with Gasteiger partial charge in [0.05, 0.1) is 4.47 Å². The van der Waals surface area contributed by atoms with Crippen molar-refractivity contribution in [2.24, 2.45) is 0 Å². The molecule has 0 aliphatic heterocycles. The van der Waals surface area contributed by atoms with Crippen molar-refractivity contribution >= 4 is 15.9 Å². The fraction of sp³-hybridized carbons (Fsp3) is 0.429. The summed E-state index contributed by atoms with van der Waals surface area (Å²) in [5, 5.41) is 7.14. The molecule has 0 aliphatic rings. The Bertz CT molecular complexity index is 557. The number of hydrogen-bond donors (Lipinski definition) is 1. The van der Waals surface area contributed by atoms with Crippen LogP contribution in [0.5, 0.6) is 5.75 Å². The zero-order valence-electron chi connectivity index (χ0n) is 11.6. The molecule has 1 aromatic carbocycles. The minimum Gasteiger partial charge on any atom is -0.484 e. The average Bonchev–Trinajstić information content (AvgIpc) is 2.92. The number of ether oxygens (including phenoxy) is 1. The van der Waals surface area contributed by atoms with Crippen LogP contribution in [0.2, 0.25) is 0 Å². The zero-order valence-corrected chi connectivity index (χ0v) is 13.2. The number of hydrogen-bond acceptors (Lipinski definition) is 5. The molecular weight excluding hydrogens is 322 g/mol. The number of halogens is 1. The van der Waals surface area contributed by atoms with E-state index in [1.165, 1.54) is 5.56 Å². The van der Waals surface area contributed by atoms with Crippen LogP contribution < -0.4 is 10.1 Å². The standard InChI is InChI=1S/C14H18BrN3O2/c1-3-14-17-13(18-20-14)9-19-12-6-5-10(7-11(12)15)8-16-4-2/h5-7,16H,3-4,8-9H2,1-2H3. The van der Waals surface area contributed by atoms with Gasteiger partial charge in [0, 0.05) is 13.0 Å². The summed E-state index contributed by atoms with van der Waals surface area (Å²) in [5.74, 6) is 1.96. The van der Waals surface area contributed by atoms with E-state index in [1.807, 2.05) is 25.1 Å². The van der Waals surface area contributed by atoms with Crippen LogP contribution in [0.1, 0.15) is 31.1 Å². The molecular formula is C14H18BrN3O2. The van der Waals surface area contributed by atoms with E-state index < -0.39 is 0 Å². The second kappa shape index (κ2) is 7.40. The average molecular weight is 340 g/mol. The van der Waals surface area contributed by atoms with E-state index in [9.17, 15) is 0 Å². The molecule has 0 spiro atoms. The molecule has 1 aromatic heterocycles. The maximum absolute atomic E-state index is 5.69. The van der Waals surface area contributed by atoms with Gasteiger partial charge in [0.1, 0.15) is 5.75 Å². The predicted octanol–water partition coefficient (Wildman–Crippen LogP) is 3.08. The van der Waals surface area contributed by atoms with E-state index in [0.29, 0.717) is 18.3 Å². The summed E-state index contributed by atoms with van der Waals surface area (Å²) in [5.41, 5.74) is 1.21. The summed E-state index contributed by atoms with van der Waals surface area (Å²) in [7, 11) is 0. The molecule has 6 heteroatoms. The van der Waals surface area contributed by atoms with Gasteiger partial charge in [-0.3, -0.25) is 0 Å². The molecule has 0 bridgehead atoms. The van der Waals surface area contributed by atoms with Crippen LogP contribution in [0.15, 0.2) is 27.2 Å². The second-order valence-corrected chi connectivity index (χ2v) is 5.15. The highest BCUT2D eigenvalue weighted by molar-refractivity contribution is 9.10. The third-order valence-electron chi connectivity index (χ3n) is 2.74.